The summed E-state index contributed by atoms with van der Waals surface area (Å²) in [6, 6.07) is 0. The molecule has 0 saturated heterocycles. The Labute approximate surface area is 49.4 Å². The zero-order valence-corrected chi connectivity index (χ0v) is 5.11. The SMILES string of the molecule is C=C1CC1C(=O)CC. The topological polar surface area (TPSA) is 17.1 Å². The Morgan fingerprint density at radius 2 is 2.50 bits per heavy atom. The van der Waals surface area contributed by atoms with Crippen molar-refractivity contribution in [2.24, 2.45) is 5.92 Å². The molecular formula is C7H10O. The summed E-state index contributed by atoms with van der Waals surface area (Å²) >= 11 is 0. The maximum absolute atomic E-state index is 10.7. The molecule has 1 unspecified atom stereocenters. The minimum atomic E-state index is 0.250. The van der Waals surface area contributed by atoms with Crippen molar-refractivity contribution in [3.8, 4) is 0 Å². The number of allylic oxidation sites excluding steroid dienone is 1. The molecule has 0 spiro atoms. The predicted octanol–water partition coefficient (Wildman–Crippen LogP) is 1.54. The Bertz CT molecular complexity index is 135. The van der Waals surface area contributed by atoms with E-state index in [2.05, 4.69) is 6.58 Å². The molecule has 1 atom stereocenters. The molecule has 0 radical (unpaired) electrons. The summed E-state index contributed by atoms with van der Waals surface area (Å²) < 4.78 is 0. The molecule has 0 aromatic carbocycles. The lowest BCUT2D eigenvalue weighted by Crippen LogP contribution is -1.95. The zero-order chi connectivity index (χ0) is 6.15. The van der Waals surface area contributed by atoms with Crippen LogP contribution in [0.25, 0.3) is 0 Å². The minimum Gasteiger partial charge on any atom is -0.299 e. The number of ketones is 1. The molecule has 1 aliphatic carbocycles. The molecular weight excluding hydrogens is 100 g/mol. The summed E-state index contributed by atoms with van der Waals surface area (Å²) in [5.41, 5.74) is 1.12. The normalized spacial score (nSPS) is 25.6. The molecule has 1 aliphatic rings. The van der Waals surface area contributed by atoms with Crippen molar-refractivity contribution in [1.82, 2.24) is 0 Å². The van der Waals surface area contributed by atoms with Gasteiger partial charge in [-0.15, -0.1) is 0 Å². The number of Topliss-reactive ketones (excluding diaryl/α,β-unsaturated/α-hetero) is 1. The quantitative estimate of drug-likeness (QED) is 0.493. The number of carbonyl (C=O) groups excluding carboxylic acids is 1. The van der Waals surface area contributed by atoms with Crippen molar-refractivity contribution in [3.63, 3.8) is 0 Å². The van der Waals surface area contributed by atoms with Crippen molar-refractivity contribution >= 4 is 5.78 Å². The van der Waals surface area contributed by atoms with E-state index in [1.165, 1.54) is 0 Å². The van der Waals surface area contributed by atoms with E-state index in [4.69, 9.17) is 0 Å². The van der Waals surface area contributed by atoms with Gasteiger partial charge in [0.25, 0.3) is 0 Å². The summed E-state index contributed by atoms with van der Waals surface area (Å²) in [6.07, 6.45) is 1.62. The van der Waals surface area contributed by atoms with Crippen LogP contribution in [0.1, 0.15) is 19.8 Å². The van der Waals surface area contributed by atoms with Gasteiger partial charge in [-0.05, 0) is 6.42 Å². The highest BCUT2D eigenvalue weighted by atomic mass is 16.1. The van der Waals surface area contributed by atoms with Gasteiger partial charge < -0.3 is 0 Å². The third-order valence-corrected chi connectivity index (χ3v) is 1.54. The number of hydrogen-bond acceptors (Lipinski definition) is 1. The van der Waals surface area contributed by atoms with Crippen LogP contribution < -0.4 is 0 Å². The lowest BCUT2D eigenvalue weighted by molar-refractivity contribution is -0.119. The molecule has 1 nitrogen and oxygen atoms in total. The van der Waals surface area contributed by atoms with Gasteiger partial charge in [-0.25, -0.2) is 0 Å². The third-order valence-electron chi connectivity index (χ3n) is 1.54. The Morgan fingerprint density at radius 3 is 2.62 bits per heavy atom. The van der Waals surface area contributed by atoms with E-state index in [1.807, 2.05) is 6.92 Å². The van der Waals surface area contributed by atoms with Crippen molar-refractivity contribution in [3.05, 3.63) is 12.2 Å². The fraction of sp³-hybridized carbons (Fsp3) is 0.571. The molecule has 0 aliphatic heterocycles. The Balaban J connectivity index is 2.39. The molecule has 1 saturated carbocycles. The van der Waals surface area contributed by atoms with Crippen molar-refractivity contribution < 1.29 is 4.79 Å². The first-order chi connectivity index (χ1) is 3.75. The lowest BCUT2D eigenvalue weighted by atomic mass is 10.2. The molecule has 8 heavy (non-hydrogen) atoms. The molecule has 1 rings (SSSR count). The average molecular weight is 110 g/mol. The van der Waals surface area contributed by atoms with Crippen LogP contribution in [0.2, 0.25) is 0 Å². The molecule has 0 heterocycles. The first-order valence-corrected chi connectivity index (χ1v) is 2.96. The van der Waals surface area contributed by atoms with Crippen LogP contribution in [-0.2, 0) is 4.79 Å². The monoisotopic (exact) mass is 110 g/mol. The van der Waals surface area contributed by atoms with Crippen molar-refractivity contribution in [1.29, 1.82) is 0 Å². The third kappa shape index (κ3) is 0.808. The van der Waals surface area contributed by atoms with Crippen LogP contribution in [0.5, 0.6) is 0 Å². The van der Waals surface area contributed by atoms with Gasteiger partial charge >= 0.3 is 0 Å². The highest BCUT2D eigenvalue weighted by Crippen LogP contribution is 2.36. The molecule has 44 valence electrons. The summed E-state index contributed by atoms with van der Waals surface area (Å²) in [6.45, 7) is 5.59. The van der Waals surface area contributed by atoms with Crippen molar-refractivity contribution in [2.75, 3.05) is 0 Å². The number of rotatable bonds is 2. The largest absolute Gasteiger partial charge is 0.299 e. The van der Waals surface area contributed by atoms with Gasteiger partial charge in [0.05, 0.1) is 0 Å². The average Bonchev–Trinajstić information content (AvgIpc) is 2.45. The van der Waals surface area contributed by atoms with E-state index in [1.54, 1.807) is 0 Å². The lowest BCUT2D eigenvalue weighted by Gasteiger charge is -1.85. The van der Waals surface area contributed by atoms with Crippen LogP contribution in [0.3, 0.4) is 0 Å². The molecule has 0 amide bonds. The van der Waals surface area contributed by atoms with Gasteiger partial charge in [0.15, 0.2) is 0 Å². The Kier molecular flexibility index (Phi) is 1.20. The van der Waals surface area contributed by atoms with Gasteiger partial charge in [0.1, 0.15) is 5.78 Å². The van der Waals surface area contributed by atoms with E-state index in [9.17, 15) is 4.79 Å². The van der Waals surface area contributed by atoms with E-state index in [-0.39, 0.29) is 5.92 Å². The standard InChI is InChI=1S/C7H10O/c1-3-7(8)6-4-5(6)2/h6H,2-4H2,1H3. The van der Waals surface area contributed by atoms with Crippen LogP contribution in [0, 0.1) is 5.92 Å². The number of carbonyl (C=O) groups is 1. The minimum absolute atomic E-state index is 0.250. The second-order valence-electron chi connectivity index (χ2n) is 2.23. The van der Waals surface area contributed by atoms with E-state index >= 15 is 0 Å². The first-order valence-electron chi connectivity index (χ1n) is 2.96. The van der Waals surface area contributed by atoms with Gasteiger partial charge in [-0.1, -0.05) is 19.1 Å². The van der Waals surface area contributed by atoms with Crippen LogP contribution in [0.4, 0.5) is 0 Å². The van der Waals surface area contributed by atoms with Gasteiger partial charge in [0, 0.05) is 12.3 Å². The molecule has 1 fully saturated rings. The maximum Gasteiger partial charge on any atom is 0.140 e. The molecule has 1 heteroatoms. The first kappa shape index (κ1) is 5.54. The fourth-order valence-corrected chi connectivity index (χ4v) is 0.791. The van der Waals surface area contributed by atoms with Gasteiger partial charge in [0.2, 0.25) is 0 Å². The van der Waals surface area contributed by atoms with E-state index in [0.717, 1.165) is 12.0 Å². The maximum atomic E-state index is 10.7. The van der Waals surface area contributed by atoms with Crippen molar-refractivity contribution in [2.45, 2.75) is 19.8 Å². The summed E-state index contributed by atoms with van der Waals surface area (Å²) in [7, 11) is 0. The van der Waals surface area contributed by atoms with E-state index in [0.29, 0.717) is 12.2 Å². The smallest absolute Gasteiger partial charge is 0.140 e. The van der Waals surface area contributed by atoms with Gasteiger partial charge in [-0.3, -0.25) is 4.79 Å². The van der Waals surface area contributed by atoms with Crippen LogP contribution in [-0.4, -0.2) is 5.78 Å². The molecule has 0 aromatic rings. The second-order valence-corrected chi connectivity index (χ2v) is 2.23. The Hall–Kier alpha value is -0.590. The summed E-state index contributed by atoms with van der Waals surface area (Å²) in [5.74, 6) is 0.606. The fourth-order valence-electron chi connectivity index (χ4n) is 0.791. The van der Waals surface area contributed by atoms with E-state index < -0.39 is 0 Å². The highest BCUT2D eigenvalue weighted by Gasteiger charge is 2.32. The molecule has 0 N–H and O–H groups in total. The zero-order valence-electron chi connectivity index (χ0n) is 5.11. The van der Waals surface area contributed by atoms with Gasteiger partial charge in [-0.2, -0.15) is 0 Å². The molecule has 0 bridgehead atoms. The molecule has 0 aromatic heterocycles. The number of hydrogen-bond donors (Lipinski definition) is 0. The predicted molar refractivity (Wildman–Crippen MR) is 32.5 cm³/mol. The van der Waals surface area contributed by atoms with Crippen LogP contribution in [0.15, 0.2) is 12.2 Å². The highest BCUT2D eigenvalue weighted by molar-refractivity contribution is 5.87. The summed E-state index contributed by atoms with van der Waals surface area (Å²) in [4.78, 5) is 10.7. The van der Waals surface area contributed by atoms with Crippen LogP contribution >= 0.6 is 0 Å². The summed E-state index contributed by atoms with van der Waals surface area (Å²) in [5, 5.41) is 0. The second kappa shape index (κ2) is 1.73. The Morgan fingerprint density at radius 1 is 2.00 bits per heavy atom.